The van der Waals surface area contributed by atoms with Crippen molar-refractivity contribution in [2.24, 2.45) is 11.0 Å². The van der Waals surface area contributed by atoms with Gasteiger partial charge in [-0.2, -0.15) is 5.01 Å². The Morgan fingerprint density at radius 2 is 1.64 bits per heavy atom. The number of amides is 2. The van der Waals surface area contributed by atoms with E-state index in [1.807, 2.05) is 0 Å². The zero-order valence-corrected chi connectivity index (χ0v) is 11.8. The van der Waals surface area contributed by atoms with Gasteiger partial charge in [-0.25, -0.2) is 9.18 Å². The fourth-order valence-electron chi connectivity index (χ4n) is 1.90. The van der Waals surface area contributed by atoms with Gasteiger partial charge in [0.1, 0.15) is 17.3 Å². The summed E-state index contributed by atoms with van der Waals surface area (Å²) in [6, 6.07) is 10.8. The van der Waals surface area contributed by atoms with E-state index in [1.54, 1.807) is 31.2 Å². The molecule has 2 rings (SSSR count). The molecule has 0 saturated heterocycles. The van der Waals surface area contributed by atoms with Crippen LogP contribution in [0.3, 0.4) is 0 Å². The molecule has 0 aliphatic rings. The van der Waals surface area contributed by atoms with E-state index in [2.05, 4.69) is 5.29 Å². The van der Waals surface area contributed by atoms with Gasteiger partial charge in [0.2, 0.25) is 0 Å². The minimum atomic E-state index is -0.922. The summed E-state index contributed by atoms with van der Waals surface area (Å²) in [6.45, 7) is 1.63. The van der Waals surface area contributed by atoms with Gasteiger partial charge in [0.25, 0.3) is 0 Å². The van der Waals surface area contributed by atoms with Crippen LogP contribution in [0.1, 0.15) is 18.5 Å². The lowest BCUT2D eigenvalue weighted by atomic mass is 10.1. The normalized spacial score (nSPS) is 11.5. The standard InChI is InChI=1S/C15H14FN3O3/c1-10(19(18-21)15(17)20)11-2-6-13(7-3-11)22-14-8-4-12(16)5-9-14/h2-10H,1H3,(H2,17,20). The van der Waals surface area contributed by atoms with Crippen LogP contribution in [0.2, 0.25) is 0 Å². The molecule has 2 aromatic carbocycles. The summed E-state index contributed by atoms with van der Waals surface area (Å²) in [5.41, 5.74) is 5.74. The number of halogens is 1. The van der Waals surface area contributed by atoms with Crippen LogP contribution < -0.4 is 10.5 Å². The Balaban J connectivity index is 2.11. The van der Waals surface area contributed by atoms with Crippen molar-refractivity contribution in [2.75, 3.05) is 0 Å². The molecule has 0 aromatic heterocycles. The monoisotopic (exact) mass is 303 g/mol. The average molecular weight is 303 g/mol. The molecule has 2 N–H and O–H groups in total. The van der Waals surface area contributed by atoms with Crippen molar-refractivity contribution in [1.82, 2.24) is 5.01 Å². The number of benzene rings is 2. The van der Waals surface area contributed by atoms with Crippen LogP contribution >= 0.6 is 0 Å². The molecule has 0 bridgehead atoms. The Labute approximate surface area is 126 Å². The summed E-state index contributed by atoms with van der Waals surface area (Å²) in [4.78, 5) is 21.7. The largest absolute Gasteiger partial charge is 0.457 e. The molecule has 114 valence electrons. The summed E-state index contributed by atoms with van der Waals surface area (Å²) in [6.07, 6.45) is 0. The van der Waals surface area contributed by atoms with Gasteiger partial charge in [-0.05, 0) is 48.9 Å². The Kier molecular flexibility index (Phi) is 4.67. The summed E-state index contributed by atoms with van der Waals surface area (Å²) >= 11 is 0. The van der Waals surface area contributed by atoms with Crippen LogP contribution in [-0.2, 0) is 0 Å². The number of ether oxygens (including phenoxy) is 1. The fraction of sp³-hybridized carbons (Fsp3) is 0.133. The highest BCUT2D eigenvalue weighted by Crippen LogP contribution is 2.26. The van der Waals surface area contributed by atoms with Crippen LogP contribution in [0.15, 0.2) is 53.8 Å². The first-order valence-electron chi connectivity index (χ1n) is 6.46. The molecule has 1 atom stereocenters. The van der Waals surface area contributed by atoms with Crippen molar-refractivity contribution in [1.29, 1.82) is 0 Å². The third-order valence-corrected chi connectivity index (χ3v) is 3.09. The fourth-order valence-corrected chi connectivity index (χ4v) is 1.90. The van der Waals surface area contributed by atoms with Gasteiger partial charge in [-0.15, -0.1) is 4.91 Å². The van der Waals surface area contributed by atoms with E-state index in [9.17, 15) is 14.1 Å². The second-order valence-corrected chi connectivity index (χ2v) is 4.57. The van der Waals surface area contributed by atoms with Gasteiger partial charge < -0.3 is 10.5 Å². The third-order valence-electron chi connectivity index (χ3n) is 3.09. The quantitative estimate of drug-likeness (QED) is 0.674. The van der Waals surface area contributed by atoms with E-state index in [0.29, 0.717) is 22.1 Å². The van der Waals surface area contributed by atoms with Gasteiger partial charge in [-0.1, -0.05) is 12.1 Å². The summed E-state index contributed by atoms with van der Waals surface area (Å²) in [5.74, 6) is 0.687. The van der Waals surface area contributed by atoms with Gasteiger partial charge in [0.05, 0.1) is 11.3 Å². The van der Waals surface area contributed by atoms with Crippen LogP contribution in [0.5, 0.6) is 11.5 Å². The first kappa shape index (κ1) is 15.4. The topological polar surface area (TPSA) is 85.0 Å². The molecule has 0 heterocycles. The smallest absolute Gasteiger partial charge is 0.338 e. The van der Waals surface area contributed by atoms with E-state index >= 15 is 0 Å². The third kappa shape index (κ3) is 3.57. The number of urea groups is 1. The minimum Gasteiger partial charge on any atom is -0.457 e. The van der Waals surface area contributed by atoms with E-state index in [-0.39, 0.29) is 5.82 Å². The number of carbonyl (C=O) groups excluding carboxylic acids is 1. The predicted molar refractivity (Wildman–Crippen MR) is 78.5 cm³/mol. The summed E-state index contributed by atoms with van der Waals surface area (Å²) in [5, 5.41) is 3.25. The Hall–Kier alpha value is -2.96. The van der Waals surface area contributed by atoms with E-state index < -0.39 is 12.1 Å². The first-order chi connectivity index (χ1) is 10.5. The van der Waals surface area contributed by atoms with Crippen LogP contribution in [-0.4, -0.2) is 11.0 Å². The Morgan fingerprint density at radius 1 is 1.14 bits per heavy atom. The first-order valence-corrected chi connectivity index (χ1v) is 6.46. The predicted octanol–water partition coefficient (Wildman–Crippen LogP) is 3.74. The van der Waals surface area contributed by atoms with E-state index in [0.717, 1.165) is 0 Å². The zero-order valence-electron chi connectivity index (χ0n) is 11.8. The summed E-state index contributed by atoms with van der Waals surface area (Å²) < 4.78 is 18.4. The maximum absolute atomic E-state index is 12.8. The van der Waals surface area contributed by atoms with Crippen molar-refractivity contribution in [2.45, 2.75) is 13.0 Å². The Bertz CT molecular complexity index is 659. The number of carbonyl (C=O) groups is 1. The average Bonchev–Trinajstić information content (AvgIpc) is 2.50. The molecule has 0 aliphatic carbocycles. The highest BCUT2D eigenvalue weighted by Gasteiger charge is 2.20. The van der Waals surface area contributed by atoms with Gasteiger partial charge >= 0.3 is 6.03 Å². The van der Waals surface area contributed by atoms with Crippen molar-refractivity contribution in [3.63, 3.8) is 0 Å². The number of hydrogen-bond acceptors (Lipinski definition) is 4. The maximum atomic E-state index is 12.8. The van der Waals surface area contributed by atoms with Crippen LogP contribution in [0.4, 0.5) is 9.18 Å². The molecule has 0 saturated carbocycles. The number of nitroso groups, excluding NO2 is 1. The lowest BCUT2D eigenvalue weighted by molar-refractivity contribution is 0.191. The number of rotatable bonds is 5. The maximum Gasteiger partial charge on any atom is 0.338 e. The molecule has 0 fully saturated rings. The molecule has 0 aliphatic heterocycles. The van der Waals surface area contributed by atoms with Crippen molar-refractivity contribution >= 4 is 6.03 Å². The molecule has 6 nitrogen and oxygen atoms in total. The van der Waals surface area contributed by atoms with Crippen molar-refractivity contribution in [3.05, 3.63) is 64.8 Å². The minimum absolute atomic E-state index is 0.343. The highest BCUT2D eigenvalue weighted by molar-refractivity contribution is 5.72. The number of nitrogens with zero attached hydrogens (tertiary/aromatic N) is 2. The van der Waals surface area contributed by atoms with Crippen molar-refractivity contribution < 1.29 is 13.9 Å². The SMILES string of the molecule is CC(c1ccc(Oc2ccc(F)cc2)cc1)N(N=O)C(N)=O. The van der Waals surface area contributed by atoms with Gasteiger partial charge in [-0.3, -0.25) is 0 Å². The molecule has 1 unspecified atom stereocenters. The lowest BCUT2D eigenvalue weighted by Crippen LogP contribution is -2.33. The summed E-state index contributed by atoms with van der Waals surface area (Å²) in [7, 11) is 0. The lowest BCUT2D eigenvalue weighted by Gasteiger charge is -2.19. The number of primary amides is 1. The molecule has 2 aromatic rings. The second-order valence-electron chi connectivity index (χ2n) is 4.57. The molecule has 2 amide bonds. The highest BCUT2D eigenvalue weighted by atomic mass is 19.1. The number of hydrogen-bond donors (Lipinski definition) is 1. The van der Waals surface area contributed by atoms with Gasteiger partial charge in [0.15, 0.2) is 0 Å². The Morgan fingerprint density at radius 3 is 2.09 bits per heavy atom. The molecular weight excluding hydrogens is 289 g/mol. The van der Waals surface area contributed by atoms with E-state index in [1.165, 1.54) is 24.3 Å². The zero-order chi connectivity index (χ0) is 16.1. The van der Waals surface area contributed by atoms with Crippen LogP contribution in [0, 0.1) is 10.7 Å². The molecule has 0 radical (unpaired) electrons. The van der Waals surface area contributed by atoms with Gasteiger partial charge in [0, 0.05) is 0 Å². The molecule has 7 heteroatoms. The second kappa shape index (κ2) is 6.66. The van der Waals surface area contributed by atoms with Crippen LogP contribution in [0.25, 0.3) is 0 Å². The number of nitrogens with two attached hydrogens (primary N) is 1. The molecule has 0 spiro atoms. The van der Waals surface area contributed by atoms with Crippen molar-refractivity contribution in [3.8, 4) is 11.5 Å². The van der Waals surface area contributed by atoms with E-state index in [4.69, 9.17) is 10.5 Å². The molecular formula is C15H14FN3O3. The molecule has 22 heavy (non-hydrogen) atoms.